The van der Waals surface area contributed by atoms with Gasteiger partial charge in [-0.05, 0) is 24.1 Å². The fourth-order valence-electron chi connectivity index (χ4n) is 4.20. The maximum atomic E-state index is 12.6. The number of hydrogen-bond acceptors (Lipinski definition) is 7. The Morgan fingerprint density at radius 3 is 3.00 bits per heavy atom. The molecule has 2 saturated heterocycles. The molecule has 1 unspecified atom stereocenters. The Balaban J connectivity index is 1.39. The van der Waals surface area contributed by atoms with Crippen LogP contribution in [0.5, 0.6) is 11.5 Å². The Kier molecular flexibility index (Phi) is 6.94. The van der Waals surface area contributed by atoms with Crippen LogP contribution in [0.15, 0.2) is 35.6 Å². The average molecular weight is 443 g/mol. The Hall–Kier alpha value is -3.07. The number of hydrogen-bond donors (Lipinski definition) is 2. The first kappa shape index (κ1) is 22.1. The van der Waals surface area contributed by atoms with Gasteiger partial charge in [0.05, 0.1) is 32.9 Å². The molecule has 3 atom stereocenters. The van der Waals surface area contributed by atoms with Crippen molar-refractivity contribution in [3.8, 4) is 11.5 Å². The van der Waals surface area contributed by atoms with Crippen molar-refractivity contribution in [2.45, 2.75) is 44.2 Å². The van der Waals surface area contributed by atoms with Crippen LogP contribution in [0.3, 0.4) is 0 Å². The highest BCUT2D eigenvalue weighted by atomic mass is 16.6. The largest absolute Gasteiger partial charge is 0.493 e. The lowest BCUT2D eigenvalue weighted by Crippen LogP contribution is -2.48. The number of rotatable bonds is 7. The van der Waals surface area contributed by atoms with Crippen molar-refractivity contribution < 1.29 is 23.8 Å². The predicted molar refractivity (Wildman–Crippen MR) is 119 cm³/mol. The van der Waals surface area contributed by atoms with E-state index in [1.807, 2.05) is 25.1 Å². The molecule has 172 valence electrons. The zero-order valence-electron chi connectivity index (χ0n) is 18.5. The fourth-order valence-corrected chi connectivity index (χ4v) is 4.20. The predicted octanol–water partition coefficient (Wildman–Crippen LogP) is 1.55. The molecular formula is C23H30N4O5. The number of amidine groups is 1. The Morgan fingerprint density at radius 2 is 2.25 bits per heavy atom. The molecule has 0 aliphatic carbocycles. The lowest BCUT2D eigenvalue weighted by molar-refractivity contribution is -0.132. The summed E-state index contributed by atoms with van der Waals surface area (Å²) in [5.74, 6) is 1.60. The molecule has 2 N–H and O–H groups in total. The molecule has 0 spiro atoms. The minimum Gasteiger partial charge on any atom is -0.493 e. The number of nitrogens with one attached hydrogen (secondary N) is 2. The van der Waals surface area contributed by atoms with Gasteiger partial charge < -0.3 is 29.7 Å². The van der Waals surface area contributed by atoms with Crippen molar-refractivity contribution in [1.82, 2.24) is 15.5 Å². The fraction of sp³-hybridized carbons (Fsp3) is 0.522. The summed E-state index contributed by atoms with van der Waals surface area (Å²) in [7, 11) is 1.61. The molecule has 0 radical (unpaired) electrons. The number of amides is 2. The summed E-state index contributed by atoms with van der Waals surface area (Å²) in [6.07, 6.45) is 5.36. The molecule has 2 amide bonds. The van der Waals surface area contributed by atoms with Gasteiger partial charge in [-0.25, -0.2) is 4.99 Å². The zero-order chi connectivity index (χ0) is 22.5. The number of methoxy groups -OCH3 is 1. The average Bonchev–Trinajstić information content (AvgIpc) is 3.44. The molecule has 3 aliphatic heterocycles. The summed E-state index contributed by atoms with van der Waals surface area (Å²) in [6, 6.07) is 5.74. The molecule has 9 nitrogen and oxygen atoms in total. The molecule has 0 bridgehead atoms. The molecule has 1 aromatic carbocycles. The van der Waals surface area contributed by atoms with E-state index in [-0.39, 0.29) is 36.4 Å². The van der Waals surface area contributed by atoms with Crippen LogP contribution in [0.25, 0.3) is 0 Å². The smallest absolute Gasteiger partial charge is 0.244 e. The summed E-state index contributed by atoms with van der Waals surface area (Å²) in [4.78, 5) is 31.0. The van der Waals surface area contributed by atoms with Gasteiger partial charge in [-0.2, -0.15) is 0 Å². The highest BCUT2D eigenvalue weighted by Gasteiger charge is 2.33. The zero-order valence-corrected chi connectivity index (χ0v) is 18.5. The quantitative estimate of drug-likeness (QED) is 0.664. The van der Waals surface area contributed by atoms with Crippen molar-refractivity contribution >= 4 is 17.6 Å². The van der Waals surface area contributed by atoms with Gasteiger partial charge in [-0.15, -0.1) is 0 Å². The summed E-state index contributed by atoms with van der Waals surface area (Å²) in [5, 5.41) is 6.00. The summed E-state index contributed by atoms with van der Waals surface area (Å²) in [6.45, 7) is 3.76. The van der Waals surface area contributed by atoms with Gasteiger partial charge in [0.2, 0.25) is 11.8 Å². The van der Waals surface area contributed by atoms with Crippen LogP contribution in [0.1, 0.15) is 37.7 Å². The van der Waals surface area contributed by atoms with Crippen molar-refractivity contribution in [2.75, 3.05) is 33.4 Å². The third-order valence-electron chi connectivity index (χ3n) is 5.98. The normalized spacial score (nSPS) is 24.8. The lowest BCUT2D eigenvalue weighted by Gasteiger charge is -2.22. The first-order chi connectivity index (χ1) is 15.6. The third-order valence-corrected chi connectivity index (χ3v) is 5.98. The van der Waals surface area contributed by atoms with E-state index in [2.05, 4.69) is 15.6 Å². The van der Waals surface area contributed by atoms with Crippen molar-refractivity contribution in [3.63, 3.8) is 0 Å². The van der Waals surface area contributed by atoms with Crippen molar-refractivity contribution in [2.24, 2.45) is 4.99 Å². The van der Waals surface area contributed by atoms with Crippen molar-refractivity contribution in [1.29, 1.82) is 0 Å². The van der Waals surface area contributed by atoms with E-state index in [4.69, 9.17) is 14.2 Å². The van der Waals surface area contributed by atoms with E-state index in [0.717, 1.165) is 18.4 Å². The Labute approximate surface area is 187 Å². The maximum Gasteiger partial charge on any atom is 0.244 e. The highest BCUT2D eigenvalue weighted by Crippen LogP contribution is 2.36. The second-order valence-electron chi connectivity index (χ2n) is 8.19. The van der Waals surface area contributed by atoms with Crippen LogP contribution in [-0.2, 0) is 14.3 Å². The molecule has 9 heteroatoms. The minimum atomic E-state index is -0.242. The van der Waals surface area contributed by atoms with E-state index in [9.17, 15) is 9.59 Å². The highest BCUT2D eigenvalue weighted by molar-refractivity contribution is 6.03. The summed E-state index contributed by atoms with van der Waals surface area (Å²) < 4.78 is 16.9. The van der Waals surface area contributed by atoms with Crippen LogP contribution in [0.2, 0.25) is 0 Å². The number of nitrogens with zero attached hydrogens (tertiary/aromatic N) is 2. The molecule has 2 fully saturated rings. The first-order valence-electron chi connectivity index (χ1n) is 11.1. The molecule has 0 saturated carbocycles. The first-order valence-corrected chi connectivity index (χ1v) is 11.1. The minimum absolute atomic E-state index is 0.00328. The van der Waals surface area contributed by atoms with E-state index in [0.29, 0.717) is 43.5 Å². The van der Waals surface area contributed by atoms with Gasteiger partial charge in [0.15, 0.2) is 11.5 Å². The molecule has 4 rings (SSSR count). The molecule has 3 heterocycles. The maximum absolute atomic E-state index is 12.6. The summed E-state index contributed by atoms with van der Waals surface area (Å²) in [5.41, 5.74) is 0.994. The topological polar surface area (TPSA) is 101 Å². The molecule has 3 aliphatic rings. The van der Waals surface area contributed by atoms with Gasteiger partial charge >= 0.3 is 0 Å². The van der Waals surface area contributed by atoms with E-state index in [1.165, 1.54) is 0 Å². The van der Waals surface area contributed by atoms with Crippen molar-refractivity contribution in [3.05, 3.63) is 36.2 Å². The van der Waals surface area contributed by atoms with E-state index in [1.54, 1.807) is 24.4 Å². The number of likely N-dealkylation sites (tertiary alicyclic amines) is 1. The van der Waals surface area contributed by atoms with E-state index >= 15 is 0 Å². The Bertz CT molecular complexity index is 910. The Morgan fingerprint density at radius 1 is 1.38 bits per heavy atom. The van der Waals surface area contributed by atoms with Crippen LogP contribution < -0.4 is 20.1 Å². The van der Waals surface area contributed by atoms with Gasteiger partial charge in [0, 0.05) is 37.7 Å². The molecule has 1 aromatic rings. The number of carbonyl (C=O) groups excluding carboxylic acids is 2. The number of aliphatic imine (C=N–C) groups is 1. The second-order valence-corrected chi connectivity index (χ2v) is 8.19. The standard InChI is InChI=1S/C23H30N4O5/c1-3-18-23(25-8-7-24-18)26-21(28)13-27-12-16(11-22(27)29)15-4-5-19(30-2)20(10-15)32-17-6-9-31-14-17/h4-5,7-8,10,16-18,24H,3,6,9,11-14H2,1-2H3,(H,25,26,28)/t16-,17-,18?/m1/s1. The van der Waals surface area contributed by atoms with Crippen LogP contribution in [-0.4, -0.2) is 68.1 Å². The SMILES string of the molecule is CCC1NC=CN=C1NC(=O)CN1C[C@H](c2ccc(OC)c(O[C@@H]3CCOC3)c2)CC1=O. The lowest BCUT2D eigenvalue weighted by atomic mass is 9.98. The molecule has 0 aromatic heterocycles. The number of ether oxygens (including phenoxy) is 3. The van der Waals surface area contributed by atoms with Gasteiger partial charge in [0.1, 0.15) is 11.9 Å². The monoisotopic (exact) mass is 442 g/mol. The second kappa shape index (κ2) is 10.0. The summed E-state index contributed by atoms with van der Waals surface area (Å²) >= 11 is 0. The van der Waals surface area contributed by atoms with E-state index < -0.39 is 0 Å². The number of carbonyl (C=O) groups is 2. The molecule has 32 heavy (non-hydrogen) atoms. The van der Waals surface area contributed by atoms with Crippen LogP contribution >= 0.6 is 0 Å². The van der Waals surface area contributed by atoms with Crippen LogP contribution in [0.4, 0.5) is 0 Å². The van der Waals surface area contributed by atoms with Gasteiger partial charge in [-0.1, -0.05) is 13.0 Å². The van der Waals surface area contributed by atoms with Gasteiger partial charge in [0.25, 0.3) is 0 Å². The number of benzene rings is 1. The third kappa shape index (κ3) is 5.04. The van der Waals surface area contributed by atoms with Crippen LogP contribution in [0, 0.1) is 0 Å². The van der Waals surface area contributed by atoms with Gasteiger partial charge in [-0.3, -0.25) is 9.59 Å². The molecular weight excluding hydrogens is 412 g/mol.